The molecule has 2 aromatic carbocycles. The number of likely N-dealkylation sites (tertiary alicyclic amines) is 2. The maximum Gasteiger partial charge on any atom is 0.219 e. The highest BCUT2D eigenvalue weighted by molar-refractivity contribution is 5.74. The molecule has 0 bridgehead atoms. The Labute approximate surface area is 173 Å². The van der Waals surface area contributed by atoms with Crippen LogP contribution in [0.4, 0.5) is 0 Å². The lowest BCUT2D eigenvalue weighted by atomic mass is 9.81. The number of nitrogens with zero attached hydrogens (tertiary/aromatic N) is 2. The normalized spacial score (nSPS) is 24.2. The number of amides is 1. The SMILES string of the molecule is COc1cccc([C@H]2CN(C(C)=O)[C@@H]3CCN(Cc4ccccc4OC)C[C@H]23)c1. The molecule has 2 saturated heterocycles. The molecule has 29 heavy (non-hydrogen) atoms. The quantitative estimate of drug-likeness (QED) is 0.778. The first-order chi connectivity index (χ1) is 14.1. The number of para-hydroxylation sites is 1. The van der Waals surface area contributed by atoms with E-state index in [-0.39, 0.29) is 5.91 Å². The molecule has 5 nitrogen and oxygen atoms in total. The van der Waals surface area contributed by atoms with Gasteiger partial charge in [0.25, 0.3) is 0 Å². The number of carbonyl (C=O) groups is 1. The topological polar surface area (TPSA) is 42.0 Å². The van der Waals surface area contributed by atoms with Crippen LogP contribution in [0.25, 0.3) is 0 Å². The van der Waals surface area contributed by atoms with Gasteiger partial charge in [0.15, 0.2) is 0 Å². The van der Waals surface area contributed by atoms with Gasteiger partial charge in [-0.25, -0.2) is 0 Å². The molecule has 4 rings (SSSR count). The highest BCUT2D eigenvalue weighted by Gasteiger charge is 2.46. The fourth-order valence-electron chi connectivity index (χ4n) is 5.11. The number of rotatable bonds is 5. The molecular formula is C24H30N2O3. The van der Waals surface area contributed by atoms with E-state index in [1.54, 1.807) is 21.1 Å². The number of hydrogen-bond donors (Lipinski definition) is 0. The summed E-state index contributed by atoms with van der Waals surface area (Å²) in [6.07, 6.45) is 1.01. The summed E-state index contributed by atoms with van der Waals surface area (Å²) in [5.74, 6) is 2.76. The summed E-state index contributed by atoms with van der Waals surface area (Å²) in [7, 11) is 3.43. The van der Waals surface area contributed by atoms with Crippen LogP contribution in [0.15, 0.2) is 48.5 Å². The van der Waals surface area contributed by atoms with E-state index in [1.807, 2.05) is 18.2 Å². The van der Waals surface area contributed by atoms with Crippen molar-refractivity contribution in [3.8, 4) is 11.5 Å². The maximum absolute atomic E-state index is 12.3. The third kappa shape index (κ3) is 3.97. The van der Waals surface area contributed by atoms with E-state index in [4.69, 9.17) is 9.47 Å². The van der Waals surface area contributed by atoms with Crippen LogP contribution < -0.4 is 9.47 Å². The van der Waals surface area contributed by atoms with Crippen LogP contribution in [0.3, 0.4) is 0 Å². The molecule has 2 aliphatic rings. The van der Waals surface area contributed by atoms with Gasteiger partial charge in [-0.2, -0.15) is 0 Å². The molecule has 3 atom stereocenters. The van der Waals surface area contributed by atoms with Gasteiger partial charge >= 0.3 is 0 Å². The van der Waals surface area contributed by atoms with Crippen LogP contribution in [-0.2, 0) is 11.3 Å². The number of methoxy groups -OCH3 is 2. The molecule has 0 unspecified atom stereocenters. The molecule has 0 saturated carbocycles. The highest BCUT2D eigenvalue weighted by Crippen LogP contribution is 2.42. The van der Waals surface area contributed by atoms with Crippen LogP contribution in [0, 0.1) is 5.92 Å². The van der Waals surface area contributed by atoms with Gasteiger partial charge in [0, 0.05) is 56.5 Å². The van der Waals surface area contributed by atoms with Gasteiger partial charge in [0.2, 0.25) is 5.91 Å². The fraction of sp³-hybridized carbons (Fsp3) is 0.458. The number of hydrogen-bond acceptors (Lipinski definition) is 4. The Hall–Kier alpha value is -2.53. The largest absolute Gasteiger partial charge is 0.497 e. The number of fused-ring (bicyclic) bond motifs is 1. The van der Waals surface area contributed by atoms with Gasteiger partial charge in [-0.15, -0.1) is 0 Å². The Bertz CT molecular complexity index is 869. The van der Waals surface area contributed by atoms with Crippen LogP contribution in [-0.4, -0.2) is 55.6 Å². The number of ether oxygens (including phenoxy) is 2. The zero-order chi connectivity index (χ0) is 20.4. The first kappa shape index (κ1) is 19.8. The van der Waals surface area contributed by atoms with E-state index in [0.29, 0.717) is 17.9 Å². The standard InChI is InChI=1S/C24H30N2O3/c1-17(27)26-16-21(18-8-6-9-20(13-18)28-2)22-15-25(12-11-23(22)26)14-19-7-4-5-10-24(19)29-3/h4-10,13,21-23H,11-12,14-16H2,1-3H3/t21-,22-,23-/m1/s1. The summed E-state index contributed by atoms with van der Waals surface area (Å²) in [5.41, 5.74) is 2.48. The highest BCUT2D eigenvalue weighted by atomic mass is 16.5. The lowest BCUT2D eigenvalue weighted by Gasteiger charge is -2.39. The van der Waals surface area contributed by atoms with E-state index in [0.717, 1.165) is 44.1 Å². The third-order valence-corrected chi connectivity index (χ3v) is 6.53. The summed E-state index contributed by atoms with van der Waals surface area (Å²) in [6.45, 7) is 5.34. The molecule has 0 spiro atoms. The summed E-state index contributed by atoms with van der Waals surface area (Å²) < 4.78 is 11.0. The van der Waals surface area contributed by atoms with Gasteiger partial charge < -0.3 is 14.4 Å². The first-order valence-electron chi connectivity index (χ1n) is 10.4. The van der Waals surface area contributed by atoms with Crippen molar-refractivity contribution in [2.45, 2.75) is 31.8 Å². The van der Waals surface area contributed by atoms with Crippen LogP contribution in [0.5, 0.6) is 11.5 Å². The Balaban J connectivity index is 1.57. The Morgan fingerprint density at radius 2 is 1.90 bits per heavy atom. The zero-order valence-electron chi connectivity index (χ0n) is 17.5. The van der Waals surface area contributed by atoms with E-state index >= 15 is 0 Å². The monoisotopic (exact) mass is 394 g/mol. The van der Waals surface area contributed by atoms with E-state index < -0.39 is 0 Å². The van der Waals surface area contributed by atoms with Crippen molar-refractivity contribution < 1.29 is 14.3 Å². The molecule has 5 heteroatoms. The minimum Gasteiger partial charge on any atom is -0.497 e. The third-order valence-electron chi connectivity index (χ3n) is 6.53. The van der Waals surface area contributed by atoms with Gasteiger partial charge in [0.1, 0.15) is 11.5 Å². The van der Waals surface area contributed by atoms with Crippen LogP contribution >= 0.6 is 0 Å². The predicted octanol–water partition coefficient (Wildman–Crippen LogP) is 3.54. The smallest absolute Gasteiger partial charge is 0.219 e. The Morgan fingerprint density at radius 1 is 1.07 bits per heavy atom. The van der Waals surface area contributed by atoms with Crippen molar-refractivity contribution in [1.29, 1.82) is 0 Å². The second kappa shape index (κ2) is 8.46. The molecule has 2 fully saturated rings. The summed E-state index contributed by atoms with van der Waals surface area (Å²) in [4.78, 5) is 16.9. The van der Waals surface area contributed by atoms with Crippen molar-refractivity contribution in [3.05, 3.63) is 59.7 Å². The first-order valence-corrected chi connectivity index (χ1v) is 10.4. The molecular weight excluding hydrogens is 364 g/mol. The van der Waals surface area contributed by atoms with Crippen molar-refractivity contribution in [2.24, 2.45) is 5.92 Å². The molecule has 1 amide bonds. The summed E-state index contributed by atoms with van der Waals surface area (Å²) in [6, 6.07) is 16.9. The Morgan fingerprint density at radius 3 is 2.66 bits per heavy atom. The van der Waals surface area contributed by atoms with Crippen molar-refractivity contribution in [2.75, 3.05) is 33.9 Å². The van der Waals surface area contributed by atoms with Crippen LogP contribution in [0.1, 0.15) is 30.4 Å². The van der Waals surface area contributed by atoms with Crippen LogP contribution in [0.2, 0.25) is 0 Å². The van der Waals surface area contributed by atoms with Crippen molar-refractivity contribution >= 4 is 5.91 Å². The van der Waals surface area contributed by atoms with E-state index in [2.05, 4.69) is 40.1 Å². The minimum absolute atomic E-state index is 0.184. The second-order valence-corrected chi connectivity index (χ2v) is 8.12. The van der Waals surface area contributed by atoms with Gasteiger partial charge in [-0.3, -0.25) is 9.69 Å². The zero-order valence-corrected chi connectivity index (χ0v) is 17.5. The lowest BCUT2D eigenvalue weighted by Crippen LogP contribution is -2.47. The average molecular weight is 395 g/mol. The minimum atomic E-state index is 0.184. The van der Waals surface area contributed by atoms with E-state index in [9.17, 15) is 4.79 Å². The van der Waals surface area contributed by atoms with Gasteiger partial charge in [-0.05, 0) is 30.2 Å². The molecule has 2 aliphatic heterocycles. The van der Waals surface area contributed by atoms with Gasteiger partial charge in [-0.1, -0.05) is 30.3 Å². The van der Waals surface area contributed by atoms with E-state index in [1.165, 1.54) is 11.1 Å². The van der Waals surface area contributed by atoms with Gasteiger partial charge in [0.05, 0.1) is 14.2 Å². The number of carbonyl (C=O) groups excluding carboxylic acids is 1. The molecule has 154 valence electrons. The summed E-state index contributed by atoms with van der Waals surface area (Å²) >= 11 is 0. The number of piperidine rings is 1. The molecule has 2 aromatic rings. The number of benzene rings is 2. The second-order valence-electron chi connectivity index (χ2n) is 8.12. The van der Waals surface area contributed by atoms with Crippen molar-refractivity contribution in [1.82, 2.24) is 9.80 Å². The predicted molar refractivity (Wildman–Crippen MR) is 113 cm³/mol. The maximum atomic E-state index is 12.3. The molecule has 0 aliphatic carbocycles. The molecule has 0 N–H and O–H groups in total. The fourth-order valence-corrected chi connectivity index (χ4v) is 5.11. The Kier molecular flexibility index (Phi) is 5.76. The van der Waals surface area contributed by atoms with Crippen molar-refractivity contribution in [3.63, 3.8) is 0 Å². The summed E-state index contributed by atoms with van der Waals surface area (Å²) in [5, 5.41) is 0. The molecule has 2 heterocycles. The lowest BCUT2D eigenvalue weighted by molar-refractivity contribution is -0.130. The molecule has 0 aromatic heterocycles. The molecule has 0 radical (unpaired) electrons. The average Bonchev–Trinajstić information content (AvgIpc) is 3.13.